The third kappa shape index (κ3) is 3.27. The highest BCUT2D eigenvalue weighted by Crippen LogP contribution is 2.28. The van der Waals surface area contributed by atoms with Crippen LogP contribution in [-0.4, -0.2) is 24.2 Å². The molecule has 1 atom stereocenters. The summed E-state index contributed by atoms with van der Waals surface area (Å²) in [7, 11) is -2.00. The van der Waals surface area contributed by atoms with Gasteiger partial charge in [0, 0.05) is 7.05 Å². The Kier molecular flexibility index (Phi) is 4.69. The first-order chi connectivity index (χ1) is 9.86. The molecule has 0 aromatic carbocycles. The SMILES string of the molecule is Cc1nn(C)c(C)c1S(=O)(=O)NC(C#N)C1CCCCC1. The van der Waals surface area contributed by atoms with Gasteiger partial charge in [-0.15, -0.1) is 0 Å². The van der Waals surface area contributed by atoms with Gasteiger partial charge in [0.05, 0.1) is 17.5 Å². The summed E-state index contributed by atoms with van der Waals surface area (Å²) < 4.78 is 29.3. The van der Waals surface area contributed by atoms with Gasteiger partial charge in [-0.2, -0.15) is 15.1 Å². The van der Waals surface area contributed by atoms with E-state index in [9.17, 15) is 13.7 Å². The number of hydrogen-bond acceptors (Lipinski definition) is 4. The highest BCUT2D eigenvalue weighted by Gasteiger charge is 2.31. The number of nitrogens with one attached hydrogen (secondary N) is 1. The largest absolute Gasteiger partial charge is 0.271 e. The quantitative estimate of drug-likeness (QED) is 0.918. The molecule has 7 heteroatoms. The molecule has 1 aliphatic rings. The van der Waals surface area contributed by atoms with Crippen LogP contribution in [0.1, 0.15) is 43.5 Å². The van der Waals surface area contributed by atoms with Gasteiger partial charge in [-0.25, -0.2) is 8.42 Å². The van der Waals surface area contributed by atoms with Crippen molar-refractivity contribution in [1.82, 2.24) is 14.5 Å². The molecule has 1 aromatic heterocycles. The van der Waals surface area contributed by atoms with Crippen LogP contribution in [0.15, 0.2) is 4.90 Å². The third-order valence-corrected chi connectivity index (χ3v) is 5.95. The lowest BCUT2D eigenvalue weighted by molar-refractivity contribution is 0.324. The average molecular weight is 310 g/mol. The summed E-state index contributed by atoms with van der Waals surface area (Å²) in [4.78, 5) is 0.195. The molecule has 0 saturated heterocycles. The molecule has 1 heterocycles. The third-order valence-electron chi connectivity index (χ3n) is 4.25. The molecular weight excluding hydrogens is 288 g/mol. The highest BCUT2D eigenvalue weighted by molar-refractivity contribution is 7.89. The maximum Gasteiger partial charge on any atom is 0.245 e. The Morgan fingerprint density at radius 1 is 1.33 bits per heavy atom. The van der Waals surface area contributed by atoms with Crippen molar-refractivity contribution in [3.8, 4) is 6.07 Å². The number of nitriles is 1. The van der Waals surface area contributed by atoms with E-state index in [-0.39, 0.29) is 10.8 Å². The number of hydrogen-bond donors (Lipinski definition) is 1. The summed E-state index contributed by atoms with van der Waals surface area (Å²) in [5, 5.41) is 13.5. The van der Waals surface area contributed by atoms with Crippen molar-refractivity contribution >= 4 is 10.0 Å². The van der Waals surface area contributed by atoms with Crippen LogP contribution in [0.4, 0.5) is 0 Å². The summed E-state index contributed by atoms with van der Waals surface area (Å²) in [6, 6.07) is 1.47. The van der Waals surface area contributed by atoms with Gasteiger partial charge < -0.3 is 0 Å². The van der Waals surface area contributed by atoms with Crippen molar-refractivity contribution in [3.05, 3.63) is 11.4 Å². The van der Waals surface area contributed by atoms with Crippen LogP contribution in [0.25, 0.3) is 0 Å². The predicted octanol–water partition coefficient (Wildman–Crippen LogP) is 1.79. The normalized spacial score (nSPS) is 18.4. The van der Waals surface area contributed by atoms with E-state index in [2.05, 4.69) is 15.9 Å². The molecule has 1 N–H and O–H groups in total. The number of sulfonamides is 1. The molecule has 1 unspecified atom stereocenters. The second-order valence-electron chi connectivity index (χ2n) is 5.75. The smallest absolute Gasteiger partial charge is 0.245 e. The predicted molar refractivity (Wildman–Crippen MR) is 79.0 cm³/mol. The minimum atomic E-state index is -3.72. The number of aromatic nitrogens is 2. The van der Waals surface area contributed by atoms with Crippen molar-refractivity contribution in [2.45, 2.75) is 56.9 Å². The zero-order valence-electron chi connectivity index (χ0n) is 12.8. The van der Waals surface area contributed by atoms with E-state index in [1.807, 2.05) is 0 Å². The molecule has 1 aliphatic carbocycles. The molecule has 1 saturated carbocycles. The van der Waals surface area contributed by atoms with Gasteiger partial charge in [0.1, 0.15) is 10.9 Å². The van der Waals surface area contributed by atoms with Crippen molar-refractivity contribution in [3.63, 3.8) is 0 Å². The molecule has 0 bridgehead atoms. The molecule has 0 aliphatic heterocycles. The molecule has 6 nitrogen and oxygen atoms in total. The highest BCUT2D eigenvalue weighted by atomic mass is 32.2. The molecule has 0 spiro atoms. The van der Waals surface area contributed by atoms with Gasteiger partial charge in [0.25, 0.3) is 0 Å². The van der Waals surface area contributed by atoms with Gasteiger partial charge in [-0.1, -0.05) is 19.3 Å². The van der Waals surface area contributed by atoms with E-state index >= 15 is 0 Å². The molecule has 21 heavy (non-hydrogen) atoms. The van der Waals surface area contributed by atoms with E-state index in [1.165, 1.54) is 6.42 Å². The second-order valence-corrected chi connectivity index (χ2v) is 7.40. The monoisotopic (exact) mass is 310 g/mol. The fourth-order valence-electron chi connectivity index (χ4n) is 3.06. The van der Waals surface area contributed by atoms with E-state index in [4.69, 9.17) is 0 Å². The number of nitrogens with zero attached hydrogens (tertiary/aromatic N) is 3. The van der Waals surface area contributed by atoms with Crippen molar-refractivity contribution in [1.29, 1.82) is 5.26 Å². The van der Waals surface area contributed by atoms with Crippen LogP contribution in [0, 0.1) is 31.1 Å². The first-order valence-corrected chi connectivity index (χ1v) is 8.77. The van der Waals surface area contributed by atoms with Gasteiger partial charge in [-0.05, 0) is 32.6 Å². The fraction of sp³-hybridized carbons (Fsp3) is 0.714. The zero-order chi connectivity index (χ0) is 15.6. The Hall–Kier alpha value is -1.39. The molecule has 0 amide bonds. The first-order valence-electron chi connectivity index (χ1n) is 7.29. The average Bonchev–Trinajstić information content (AvgIpc) is 2.71. The summed E-state index contributed by atoms with van der Waals surface area (Å²) >= 11 is 0. The second kappa shape index (κ2) is 6.16. The standard InChI is InChI=1S/C14H22N4O2S/c1-10-14(11(2)18(3)16-10)21(19,20)17-13(9-15)12-7-5-4-6-8-12/h12-13,17H,4-8H2,1-3H3. The maximum atomic E-state index is 12.6. The maximum absolute atomic E-state index is 12.6. The van der Waals surface area contributed by atoms with Crippen LogP contribution in [0.3, 0.4) is 0 Å². The Labute approximate surface area is 126 Å². The molecule has 2 rings (SSSR count). The van der Waals surface area contributed by atoms with Gasteiger partial charge in [0.2, 0.25) is 10.0 Å². The van der Waals surface area contributed by atoms with Crippen LogP contribution in [-0.2, 0) is 17.1 Å². The van der Waals surface area contributed by atoms with Gasteiger partial charge in [-0.3, -0.25) is 4.68 Å². The summed E-state index contributed by atoms with van der Waals surface area (Å²) in [5.41, 5.74) is 1.04. The van der Waals surface area contributed by atoms with Crippen LogP contribution >= 0.6 is 0 Å². The molecule has 1 aromatic rings. The fourth-order valence-corrected chi connectivity index (χ4v) is 4.71. The van der Waals surface area contributed by atoms with Gasteiger partial charge >= 0.3 is 0 Å². The van der Waals surface area contributed by atoms with Crippen LogP contribution in [0.2, 0.25) is 0 Å². The lowest BCUT2D eigenvalue weighted by Gasteiger charge is -2.26. The number of rotatable bonds is 4. The van der Waals surface area contributed by atoms with Crippen molar-refractivity contribution < 1.29 is 8.42 Å². The molecule has 1 fully saturated rings. The summed E-state index contributed by atoms with van der Waals surface area (Å²) in [6.45, 7) is 3.39. The minimum Gasteiger partial charge on any atom is -0.271 e. The van der Waals surface area contributed by atoms with Crippen LogP contribution < -0.4 is 4.72 Å². The summed E-state index contributed by atoms with van der Waals surface area (Å²) in [6.07, 6.45) is 5.12. The van der Waals surface area contributed by atoms with E-state index < -0.39 is 16.1 Å². The Bertz CT molecular complexity index is 651. The Morgan fingerprint density at radius 3 is 2.43 bits per heavy atom. The topological polar surface area (TPSA) is 87.8 Å². The summed E-state index contributed by atoms with van der Waals surface area (Å²) in [5.74, 6) is 0.107. The minimum absolute atomic E-state index is 0.107. The Balaban J connectivity index is 2.25. The molecule has 0 radical (unpaired) electrons. The zero-order valence-corrected chi connectivity index (χ0v) is 13.6. The molecule has 116 valence electrons. The van der Waals surface area contributed by atoms with E-state index in [0.29, 0.717) is 11.4 Å². The lowest BCUT2D eigenvalue weighted by Crippen LogP contribution is -2.40. The number of aryl methyl sites for hydroxylation is 2. The van der Waals surface area contributed by atoms with E-state index in [1.54, 1.807) is 25.6 Å². The van der Waals surface area contributed by atoms with Crippen molar-refractivity contribution in [2.75, 3.05) is 0 Å². The first kappa shape index (κ1) is 16.0. The van der Waals surface area contributed by atoms with Crippen LogP contribution in [0.5, 0.6) is 0 Å². The Morgan fingerprint density at radius 2 is 1.95 bits per heavy atom. The van der Waals surface area contributed by atoms with Gasteiger partial charge in [0.15, 0.2) is 0 Å². The van der Waals surface area contributed by atoms with E-state index in [0.717, 1.165) is 25.7 Å². The molecular formula is C14H22N4O2S. The van der Waals surface area contributed by atoms with Crippen molar-refractivity contribution in [2.24, 2.45) is 13.0 Å². The lowest BCUT2D eigenvalue weighted by atomic mass is 9.85.